The van der Waals surface area contributed by atoms with Crippen molar-refractivity contribution in [3.63, 3.8) is 0 Å². The lowest BCUT2D eigenvalue weighted by Gasteiger charge is -2.45. The van der Waals surface area contributed by atoms with E-state index in [1.54, 1.807) is 14.2 Å². The Balaban J connectivity index is 1.88. The molecule has 1 aromatic rings. The van der Waals surface area contributed by atoms with Crippen molar-refractivity contribution in [1.29, 1.82) is 0 Å². The molecule has 4 atom stereocenters. The maximum absolute atomic E-state index is 10.1. The first-order valence-electron chi connectivity index (χ1n) is 7.54. The molecule has 1 N–H and O–H groups in total. The minimum absolute atomic E-state index is 0.0591. The van der Waals surface area contributed by atoms with Gasteiger partial charge in [-0.3, -0.25) is 4.90 Å². The second kappa shape index (κ2) is 4.49. The van der Waals surface area contributed by atoms with Crippen molar-refractivity contribution < 1.29 is 14.6 Å². The Morgan fingerprint density at radius 1 is 1.33 bits per heavy atom. The molecule has 2 bridgehead atoms. The smallest absolute Gasteiger partial charge is 0.160 e. The number of aromatic hydroxyl groups is 1. The van der Waals surface area contributed by atoms with Crippen molar-refractivity contribution in [3.05, 3.63) is 35.4 Å². The highest BCUT2D eigenvalue weighted by molar-refractivity contribution is 5.54. The van der Waals surface area contributed by atoms with Gasteiger partial charge in [-0.25, -0.2) is 0 Å². The molecule has 1 fully saturated rings. The van der Waals surface area contributed by atoms with Gasteiger partial charge in [0.25, 0.3) is 0 Å². The number of hydrogen-bond donors (Lipinski definition) is 1. The van der Waals surface area contributed by atoms with Crippen molar-refractivity contribution >= 4 is 0 Å². The highest BCUT2D eigenvalue weighted by Gasteiger charge is 2.53. The molecule has 0 aromatic heterocycles. The standard InChI is InChI=1S/C17H21NO3/c1-20-12-3-4-17-5-6-18(16(17)8-12)10-11-7-14(19)15(21-2)9-13(11)17/h3-4,7,9,12,16,19H,5-6,8,10H2,1-2H3/t12-,16-,17-/m1/s1. The Hall–Kier alpha value is -1.52. The quantitative estimate of drug-likeness (QED) is 0.847. The number of phenols is 1. The second-order valence-corrected chi connectivity index (χ2v) is 6.33. The van der Waals surface area contributed by atoms with E-state index in [1.807, 2.05) is 12.1 Å². The fourth-order valence-corrected chi connectivity index (χ4v) is 4.43. The maximum Gasteiger partial charge on any atom is 0.160 e. The summed E-state index contributed by atoms with van der Waals surface area (Å²) in [5, 5.41) is 10.1. The third-order valence-electron chi connectivity index (χ3n) is 5.49. The zero-order chi connectivity index (χ0) is 14.6. The number of phenolic OH excluding ortho intramolecular Hbond substituents is 1. The molecule has 2 aliphatic heterocycles. The van der Waals surface area contributed by atoms with E-state index >= 15 is 0 Å². The fourth-order valence-electron chi connectivity index (χ4n) is 4.43. The molecule has 1 saturated heterocycles. The van der Waals surface area contributed by atoms with E-state index in [1.165, 1.54) is 11.1 Å². The fraction of sp³-hybridized carbons (Fsp3) is 0.529. The van der Waals surface area contributed by atoms with Crippen molar-refractivity contribution in [1.82, 2.24) is 4.90 Å². The molecule has 1 aliphatic carbocycles. The van der Waals surface area contributed by atoms with Gasteiger partial charge in [-0.2, -0.15) is 0 Å². The molecule has 2 heterocycles. The number of fused-ring (bicyclic) bond motifs is 1. The first kappa shape index (κ1) is 13.2. The van der Waals surface area contributed by atoms with Gasteiger partial charge in [-0.15, -0.1) is 0 Å². The van der Waals surface area contributed by atoms with Crippen molar-refractivity contribution in [2.75, 3.05) is 20.8 Å². The zero-order valence-electron chi connectivity index (χ0n) is 12.5. The van der Waals surface area contributed by atoms with Crippen molar-refractivity contribution in [2.45, 2.75) is 36.9 Å². The van der Waals surface area contributed by atoms with E-state index in [2.05, 4.69) is 17.1 Å². The molecular formula is C17H21NO3. The summed E-state index contributed by atoms with van der Waals surface area (Å²) in [6.45, 7) is 2.01. The summed E-state index contributed by atoms with van der Waals surface area (Å²) in [6, 6.07) is 4.41. The monoisotopic (exact) mass is 287 g/mol. The average Bonchev–Trinajstić information content (AvgIpc) is 2.78. The van der Waals surface area contributed by atoms with Gasteiger partial charge in [-0.1, -0.05) is 12.2 Å². The normalized spacial score (nSPS) is 36.2. The molecule has 0 saturated carbocycles. The molecule has 1 unspecified atom stereocenters. The molecule has 0 amide bonds. The largest absolute Gasteiger partial charge is 0.504 e. The van der Waals surface area contributed by atoms with Crippen LogP contribution in [-0.4, -0.2) is 42.9 Å². The van der Waals surface area contributed by atoms with Crippen LogP contribution in [-0.2, 0) is 16.7 Å². The topological polar surface area (TPSA) is 41.9 Å². The van der Waals surface area contributed by atoms with Crippen LogP contribution in [0.1, 0.15) is 24.0 Å². The molecular weight excluding hydrogens is 266 g/mol. The van der Waals surface area contributed by atoms with Gasteiger partial charge < -0.3 is 14.6 Å². The van der Waals surface area contributed by atoms with Crippen molar-refractivity contribution in [3.8, 4) is 11.5 Å². The predicted molar refractivity (Wildman–Crippen MR) is 79.7 cm³/mol. The van der Waals surface area contributed by atoms with Crippen molar-refractivity contribution in [2.24, 2.45) is 0 Å². The summed E-state index contributed by atoms with van der Waals surface area (Å²) < 4.78 is 10.9. The summed E-state index contributed by atoms with van der Waals surface area (Å²) in [5.41, 5.74) is 2.60. The summed E-state index contributed by atoms with van der Waals surface area (Å²) in [7, 11) is 3.39. The van der Waals surface area contributed by atoms with Crippen LogP contribution < -0.4 is 4.74 Å². The maximum atomic E-state index is 10.1. The molecule has 0 spiro atoms. The van der Waals surface area contributed by atoms with Crippen LogP contribution >= 0.6 is 0 Å². The van der Waals surface area contributed by atoms with Gasteiger partial charge in [0.1, 0.15) is 0 Å². The van der Waals surface area contributed by atoms with Crippen LogP contribution in [0.4, 0.5) is 0 Å². The highest BCUT2D eigenvalue weighted by Crippen LogP contribution is 2.52. The van der Waals surface area contributed by atoms with Crippen LogP contribution in [0.5, 0.6) is 11.5 Å². The van der Waals surface area contributed by atoms with Crippen LogP contribution in [0.15, 0.2) is 24.3 Å². The lowest BCUT2D eigenvalue weighted by molar-refractivity contribution is 0.0749. The van der Waals surface area contributed by atoms with Gasteiger partial charge in [0.2, 0.25) is 0 Å². The Labute approximate surface area is 125 Å². The van der Waals surface area contributed by atoms with Gasteiger partial charge in [0, 0.05) is 31.7 Å². The lowest BCUT2D eigenvalue weighted by atomic mass is 9.66. The van der Waals surface area contributed by atoms with Gasteiger partial charge >= 0.3 is 0 Å². The Morgan fingerprint density at radius 3 is 2.95 bits per heavy atom. The third kappa shape index (κ3) is 1.69. The molecule has 112 valence electrons. The summed E-state index contributed by atoms with van der Waals surface area (Å²) >= 11 is 0. The number of ether oxygens (including phenoxy) is 2. The molecule has 4 rings (SSSR count). The van der Waals surface area contributed by atoms with E-state index in [0.717, 1.165) is 25.9 Å². The number of rotatable bonds is 2. The molecule has 4 nitrogen and oxygen atoms in total. The highest BCUT2D eigenvalue weighted by atomic mass is 16.5. The van der Waals surface area contributed by atoms with Crippen LogP contribution in [0.2, 0.25) is 0 Å². The summed E-state index contributed by atoms with van der Waals surface area (Å²) in [5.74, 6) is 0.811. The number of benzene rings is 1. The number of hydrogen-bond acceptors (Lipinski definition) is 4. The van der Waals surface area contributed by atoms with E-state index in [-0.39, 0.29) is 17.3 Å². The Morgan fingerprint density at radius 2 is 2.19 bits per heavy atom. The number of nitrogens with zero attached hydrogens (tertiary/aromatic N) is 1. The van der Waals surface area contributed by atoms with Gasteiger partial charge in [-0.05, 0) is 36.1 Å². The van der Waals surface area contributed by atoms with E-state index < -0.39 is 0 Å². The molecule has 4 heteroatoms. The average molecular weight is 287 g/mol. The predicted octanol–water partition coefficient (Wildman–Crippen LogP) is 2.20. The first-order valence-corrected chi connectivity index (χ1v) is 7.54. The Kier molecular flexibility index (Phi) is 2.81. The minimum atomic E-state index is 0.0591. The van der Waals surface area contributed by atoms with E-state index in [9.17, 15) is 5.11 Å². The zero-order valence-corrected chi connectivity index (χ0v) is 12.5. The van der Waals surface area contributed by atoms with E-state index in [0.29, 0.717) is 11.8 Å². The van der Waals surface area contributed by atoms with Crippen LogP contribution in [0.3, 0.4) is 0 Å². The Bertz CT molecular complexity index is 612. The lowest BCUT2D eigenvalue weighted by Crippen LogP contribution is -2.49. The van der Waals surface area contributed by atoms with Gasteiger partial charge in [0.05, 0.1) is 13.2 Å². The molecule has 0 radical (unpaired) electrons. The molecule has 3 aliphatic rings. The summed E-state index contributed by atoms with van der Waals surface area (Å²) in [4.78, 5) is 2.53. The van der Waals surface area contributed by atoms with Crippen LogP contribution in [0.25, 0.3) is 0 Å². The third-order valence-corrected chi connectivity index (χ3v) is 5.49. The SMILES string of the molecule is COc1cc2c(cc1O)CN1CC[C@]23C=C[C@@H](OC)C[C@@H]13. The molecule has 21 heavy (non-hydrogen) atoms. The summed E-state index contributed by atoms with van der Waals surface area (Å²) in [6.07, 6.45) is 6.92. The first-order chi connectivity index (χ1) is 10.2. The minimum Gasteiger partial charge on any atom is -0.504 e. The van der Waals surface area contributed by atoms with Crippen LogP contribution in [0, 0.1) is 0 Å². The number of methoxy groups -OCH3 is 2. The second-order valence-electron chi connectivity index (χ2n) is 6.33. The van der Waals surface area contributed by atoms with Gasteiger partial charge in [0.15, 0.2) is 11.5 Å². The molecule has 1 aromatic carbocycles. The van der Waals surface area contributed by atoms with E-state index in [4.69, 9.17) is 9.47 Å².